The van der Waals surface area contributed by atoms with Crippen molar-refractivity contribution in [3.63, 3.8) is 0 Å². The lowest BCUT2D eigenvalue weighted by Gasteiger charge is -2.31. The Hall–Kier alpha value is -1.73. The molecule has 2 aromatic rings. The zero-order valence-corrected chi connectivity index (χ0v) is 12.1. The molecule has 0 saturated carbocycles. The maximum absolute atomic E-state index is 9.09. The van der Waals surface area contributed by atoms with Gasteiger partial charge in [0.15, 0.2) is 0 Å². The Morgan fingerprint density at radius 2 is 2.05 bits per heavy atom. The van der Waals surface area contributed by atoms with Crippen molar-refractivity contribution in [2.75, 3.05) is 24.0 Å². The number of aryl methyl sites for hydroxylation is 1. The van der Waals surface area contributed by atoms with Crippen LogP contribution in [0.1, 0.15) is 30.7 Å². The van der Waals surface area contributed by atoms with Gasteiger partial charge >= 0.3 is 0 Å². The molecule has 104 valence electrons. The number of aromatic nitrogens is 2. The van der Waals surface area contributed by atoms with Crippen LogP contribution in [0.15, 0.2) is 18.2 Å². The Balaban J connectivity index is 2.13. The number of nitrogens with zero attached hydrogens (tertiary/aromatic N) is 4. The minimum atomic E-state index is 0.558. The van der Waals surface area contributed by atoms with Gasteiger partial charge in [-0.3, -0.25) is 0 Å². The van der Waals surface area contributed by atoms with Gasteiger partial charge in [-0.25, -0.2) is 9.66 Å². The Kier molecular flexibility index (Phi) is 3.79. The van der Waals surface area contributed by atoms with E-state index in [1.807, 2.05) is 18.2 Å². The zero-order valence-electron chi connectivity index (χ0n) is 11.3. The van der Waals surface area contributed by atoms with E-state index in [2.05, 4.69) is 20.7 Å². The SMILES string of the molecule is N#Cc1ccc2nc(CCCl)n(N3CCCCC3)c2c1. The molecule has 0 bridgehead atoms. The predicted molar refractivity (Wildman–Crippen MR) is 80.7 cm³/mol. The van der Waals surface area contributed by atoms with E-state index in [0.717, 1.165) is 36.4 Å². The van der Waals surface area contributed by atoms with Crippen molar-refractivity contribution in [2.24, 2.45) is 0 Å². The molecule has 1 aliphatic heterocycles. The average molecular weight is 289 g/mol. The highest BCUT2D eigenvalue weighted by Gasteiger charge is 2.18. The molecule has 5 heteroatoms. The van der Waals surface area contributed by atoms with Gasteiger partial charge in [0, 0.05) is 25.4 Å². The van der Waals surface area contributed by atoms with Crippen LogP contribution in [0, 0.1) is 11.3 Å². The van der Waals surface area contributed by atoms with E-state index in [0.29, 0.717) is 11.4 Å². The second-order valence-corrected chi connectivity index (χ2v) is 5.49. The lowest BCUT2D eigenvalue weighted by molar-refractivity contribution is 0.476. The van der Waals surface area contributed by atoms with Crippen LogP contribution in [0.5, 0.6) is 0 Å². The Morgan fingerprint density at radius 1 is 1.25 bits per heavy atom. The molecule has 1 aromatic carbocycles. The van der Waals surface area contributed by atoms with Crippen LogP contribution in [0.25, 0.3) is 11.0 Å². The fourth-order valence-corrected chi connectivity index (χ4v) is 2.99. The van der Waals surface area contributed by atoms with E-state index in [4.69, 9.17) is 16.9 Å². The quantitative estimate of drug-likeness (QED) is 0.816. The first-order valence-electron chi connectivity index (χ1n) is 7.06. The normalized spacial score (nSPS) is 15.5. The maximum atomic E-state index is 9.09. The third-order valence-electron chi connectivity index (χ3n) is 3.76. The highest BCUT2D eigenvalue weighted by Crippen LogP contribution is 2.21. The largest absolute Gasteiger partial charge is 0.311 e. The summed E-state index contributed by atoms with van der Waals surface area (Å²) in [7, 11) is 0. The number of halogens is 1. The molecule has 0 N–H and O–H groups in total. The number of nitriles is 1. The third-order valence-corrected chi connectivity index (χ3v) is 3.95. The maximum Gasteiger partial charge on any atom is 0.130 e. The summed E-state index contributed by atoms with van der Waals surface area (Å²) in [5.74, 6) is 1.55. The zero-order chi connectivity index (χ0) is 13.9. The Bertz CT molecular complexity index is 650. The summed E-state index contributed by atoms with van der Waals surface area (Å²) in [6.45, 7) is 2.08. The van der Waals surface area contributed by atoms with Crippen molar-refractivity contribution < 1.29 is 0 Å². The van der Waals surface area contributed by atoms with Crippen LogP contribution >= 0.6 is 11.6 Å². The van der Waals surface area contributed by atoms with Crippen LogP contribution < -0.4 is 5.01 Å². The lowest BCUT2D eigenvalue weighted by atomic mass is 10.1. The van der Waals surface area contributed by atoms with E-state index in [1.54, 1.807) is 0 Å². The van der Waals surface area contributed by atoms with Crippen LogP contribution in [0.3, 0.4) is 0 Å². The van der Waals surface area contributed by atoms with Gasteiger partial charge in [-0.1, -0.05) is 0 Å². The Labute approximate surface area is 123 Å². The lowest BCUT2D eigenvalue weighted by Crippen LogP contribution is -2.40. The summed E-state index contributed by atoms with van der Waals surface area (Å²) in [5.41, 5.74) is 2.63. The Morgan fingerprint density at radius 3 is 2.75 bits per heavy atom. The van der Waals surface area contributed by atoms with Crippen LogP contribution in [0.2, 0.25) is 0 Å². The molecule has 2 heterocycles. The smallest absolute Gasteiger partial charge is 0.130 e. The van der Waals surface area contributed by atoms with Crippen LogP contribution in [0.4, 0.5) is 0 Å². The van der Waals surface area contributed by atoms with Crippen molar-refractivity contribution >= 4 is 22.6 Å². The van der Waals surface area contributed by atoms with E-state index < -0.39 is 0 Å². The highest BCUT2D eigenvalue weighted by atomic mass is 35.5. The predicted octanol–water partition coefficient (Wildman–Crippen LogP) is 2.81. The van der Waals surface area contributed by atoms with Gasteiger partial charge in [-0.2, -0.15) is 5.26 Å². The number of imidazole rings is 1. The molecule has 1 aromatic heterocycles. The monoisotopic (exact) mass is 288 g/mol. The van der Waals surface area contributed by atoms with Crippen molar-refractivity contribution in [1.29, 1.82) is 5.26 Å². The molecule has 0 unspecified atom stereocenters. The van der Waals surface area contributed by atoms with Gasteiger partial charge in [-0.05, 0) is 37.5 Å². The van der Waals surface area contributed by atoms with E-state index in [9.17, 15) is 0 Å². The first-order valence-corrected chi connectivity index (χ1v) is 7.59. The van der Waals surface area contributed by atoms with Gasteiger partial charge in [0.2, 0.25) is 0 Å². The van der Waals surface area contributed by atoms with Crippen LogP contribution in [-0.2, 0) is 6.42 Å². The summed E-state index contributed by atoms with van der Waals surface area (Å²) in [6, 6.07) is 7.87. The van der Waals surface area contributed by atoms with Gasteiger partial charge in [-0.15, -0.1) is 11.6 Å². The molecule has 3 rings (SSSR count). The molecule has 0 amide bonds. The molecule has 20 heavy (non-hydrogen) atoms. The van der Waals surface area contributed by atoms with E-state index in [1.165, 1.54) is 19.3 Å². The second-order valence-electron chi connectivity index (χ2n) is 5.11. The van der Waals surface area contributed by atoms with E-state index in [-0.39, 0.29) is 0 Å². The number of hydrogen-bond donors (Lipinski definition) is 0. The fraction of sp³-hybridized carbons (Fsp3) is 0.467. The number of piperidine rings is 1. The number of rotatable bonds is 3. The number of alkyl halides is 1. The summed E-state index contributed by atoms with van der Waals surface area (Å²) in [4.78, 5) is 4.68. The minimum absolute atomic E-state index is 0.558. The third kappa shape index (κ3) is 2.34. The summed E-state index contributed by atoms with van der Waals surface area (Å²) >= 11 is 5.91. The number of hydrogen-bond acceptors (Lipinski definition) is 3. The first-order chi connectivity index (χ1) is 9.83. The highest BCUT2D eigenvalue weighted by molar-refractivity contribution is 6.17. The molecule has 0 aliphatic carbocycles. The van der Waals surface area contributed by atoms with Crippen molar-refractivity contribution in [2.45, 2.75) is 25.7 Å². The van der Waals surface area contributed by atoms with Gasteiger partial charge in [0.05, 0.1) is 22.7 Å². The molecule has 1 fully saturated rings. The summed E-state index contributed by atoms with van der Waals surface area (Å²) < 4.78 is 2.18. The molecule has 0 spiro atoms. The summed E-state index contributed by atoms with van der Waals surface area (Å²) in [6.07, 6.45) is 4.45. The van der Waals surface area contributed by atoms with Crippen molar-refractivity contribution in [1.82, 2.24) is 9.66 Å². The van der Waals surface area contributed by atoms with Crippen molar-refractivity contribution in [3.05, 3.63) is 29.6 Å². The molecule has 4 nitrogen and oxygen atoms in total. The second kappa shape index (κ2) is 5.72. The first kappa shape index (κ1) is 13.3. The number of fused-ring (bicyclic) bond motifs is 1. The van der Waals surface area contributed by atoms with Crippen LogP contribution in [-0.4, -0.2) is 28.6 Å². The number of benzene rings is 1. The van der Waals surface area contributed by atoms with Gasteiger partial charge < -0.3 is 5.01 Å². The average Bonchev–Trinajstić information content (AvgIpc) is 2.85. The van der Waals surface area contributed by atoms with Crippen molar-refractivity contribution in [3.8, 4) is 6.07 Å². The van der Waals surface area contributed by atoms with E-state index >= 15 is 0 Å². The fourth-order valence-electron chi connectivity index (χ4n) is 2.82. The van der Waals surface area contributed by atoms with Gasteiger partial charge in [0.25, 0.3) is 0 Å². The molecular formula is C15H17ClN4. The summed E-state index contributed by atoms with van der Waals surface area (Å²) in [5, 5.41) is 11.4. The molecule has 0 atom stereocenters. The molecular weight excluding hydrogens is 272 g/mol. The molecule has 0 radical (unpaired) electrons. The molecule has 1 aliphatic rings. The molecule has 1 saturated heterocycles. The van der Waals surface area contributed by atoms with Gasteiger partial charge in [0.1, 0.15) is 5.82 Å². The minimum Gasteiger partial charge on any atom is -0.311 e. The topological polar surface area (TPSA) is 44.9 Å². The standard InChI is InChI=1S/C15H17ClN4/c16-7-6-15-18-13-5-4-12(11-17)10-14(13)20(15)19-8-2-1-3-9-19/h4-5,10H,1-3,6-9H2.